The zero-order chi connectivity index (χ0) is 28.6. The van der Waals surface area contributed by atoms with Gasteiger partial charge in [0.25, 0.3) is 5.91 Å². The Hall–Kier alpha value is -3.38. The van der Waals surface area contributed by atoms with Crippen LogP contribution in [0.3, 0.4) is 0 Å². The van der Waals surface area contributed by atoms with E-state index in [-0.39, 0.29) is 31.1 Å². The molecule has 0 bridgehead atoms. The number of carbonyl (C=O) groups is 2. The molecular weight excluding hydrogens is 528 g/mol. The van der Waals surface area contributed by atoms with Gasteiger partial charge in [-0.3, -0.25) is 4.79 Å². The summed E-state index contributed by atoms with van der Waals surface area (Å²) < 4.78 is 112. The summed E-state index contributed by atoms with van der Waals surface area (Å²) in [5, 5.41) is 2.41. The average molecular weight is 552 g/mol. The quantitative estimate of drug-likeness (QED) is 0.441. The predicted molar refractivity (Wildman–Crippen MR) is 119 cm³/mol. The van der Waals surface area contributed by atoms with Crippen LogP contribution in [0, 0.1) is 11.6 Å². The molecule has 208 valence electrons. The molecule has 1 aliphatic heterocycles. The first-order chi connectivity index (χ1) is 17.3. The van der Waals surface area contributed by atoms with Gasteiger partial charge in [-0.25, -0.2) is 13.6 Å². The van der Waals surface area contributed by atoms with Gasteiger partial charge in [-0.1, -0.05) is 6.07 Å². The van der Waals surface area contributed by atoms with Crippen LogP contribution >= 0.6 is 0 Å². The van der Waals surface area contributed by atoms with Gasteiger partial charge in [-0.15, -0.1) is 0 Å². The molecule has 2 amide bonds. The minimum atomic E-state index is -5.15. The van der Waals surface area contributed by atoms with Gasteiger partial charge in [0.05, 0.1) is 11.1 Å². The first-order valence-corrected chi connectivity index (χ1v) is 11.4. The zero-order valence-electron chi connectivity index (χ0n) is 20.4. The van der Waals surface area contributed by atoms with Gasteiger partial charge < -0.3 is 15.0 Å². The fraction of sp³-hybridized carbons (Fsp3) is 0.440. The van der Waals surface area contributed by atoms with Crippen LogP contribution in [0.1, 0.15) is 60.2 Å². The first-order valence-electron chi connectivity index (χ1n) is 11.4. The molecule has 2 aromatic rings. The maximum absolute atomic E-state index is 14.0. The number of likely N-dealkylation sites (tertiary alicyclic amines) is 1. The lowest BCUT2D eigenvalue weighted by molar-refractivity contribution is -0.143. The van der Waals surface area contributed by atoms with Gasteiger partial charge in [0.2, 0.25) is 0 Å². The Morgan fingerprint density at radius 2 is 1.47 bits per heavy atom. The van der Waals surface area contributed by atoms with Gasteiger partial charge in [0.15, 0.2) is 11.6 Å². The lowest BCUT2D eigenvalue weighted by Crippen LogP contribution is -2.52. The van der Waals surface area contributed by atoms with Crippen molar-refractivity contribution in [2.75, 3.05) is 13.1 Å². The van der Waals surface area contributed by atoms with Gasteiger partial charge in [0, 0.05) is 30.6 Å². The van der Waals surface area contributed by atoms with Gasteiger partial charge in [0.1, 0.15) is 5.60 Å². The largest absolute Gasteiger partial charge is 0.444 e. The number of hydrogen-bond acceptors (Lipinski definition) is 3. The number of nitrogens with one attached hydrogen (secondary N) is 1. The zero-order valence-corrected chi connectivity index (χ0v) is 20.4. The molecule has 2 atom stereocenters. The van der Waals surface area contributed by atoms with Crippen LogP contribution in [0.4, 0.5) is 39.9 Å². The molecule has 1 N–H and O–H groups in total. The molecule has 1 fully saturated rings. The Kier molecular flexibility index (Phi) is 7.99. The van der Waals surface area contributed by atoms with Crippen LogP contribution in [0.2, 0.25) is 0 Å². The molecule has 0 radical (unpaired) electrons. The van der Waals surface area contributed by atoms with Crippen molar-refractivity contribution in [2.24, 2.45) is 0 Å². The summed E-state index contributed by atoms with van der Waals surface area (Å²) >= 11 is 0. The Morgan fingerprint density at radius 1 is 0.895 bits per heavy atom. The Morgan fingerprint density at radius 3 is 1.97 bits per heavy atom. The van der Waals surface area contributed by atoms with E-state index in [2.05, 4.69) is 5.32 Å². The summed E-state index contributed by atoms with van der Waals surface area (Å²) in [5.41, 5.74) is -4.89. The SMILES string of the molecule is CC(C)(C)OC(=O)N1CC[C@@H](NC(=O)c2cc(C(F)(F)F)cc(C(F)(F)F)c2)C(c2ccc(F)c(F)c2)C1. The molecule has 2 aromatic carbocycles. The standard InChI is InChI=1S/C25H24F8N2O3/c1-23(2,3)38-22(37)35-7-6-20(17(12-35)13-4-5-18(26)19(27)10-13)34-21(36)14-8-15(24(28,29)30)11-16(9-14)25(31,32)33/h4-5,8-11,17,20H,6-7,12H2,1-3H3,(H,34,36)/t17?,20-/m1/s1. The molecule has 0 aromatic heterocycles. The van der Waals surface area contributed by atoms with E-state index in [1.54, 1.807) is 20.8 Å². The normalized spacial score (nSPS) is 18.8. The number of amides is 2. The molecule has 0 spiro atoms. The monoisotopic (exact) mass is 552 g/mol. The summed E-state index contributed by atoms with van der Waals surface area (Å²) in [6, 6.07) is 2.45. The third-order valence-corrected chi connectivity index (χ3v) is 5.80. The summed E-state index contributed by atoms with van der Waals surface area (Å²) in [6.45, 7) is 4.76. The molecule has 0 aliphatic carbocycles. The number of ether oxygens (including phenoxy) is 1. The van der Waals surface area contributed by atoms with E-state index < -0.39 is 70.2 Å². The van der Waals surface area contributed by atoms with Crippen LogP contribution in [0.5, 0.6) is 0 Å². The molecule has 1 aliphatic rings. The van der Waals surface area contributed by atoms with E-state index in [9.17, 15) is 44.7 Å². The number of rotatable bonds is 3. The van der Waals surface area contributed by atoms with Crippen molar-refractivity contribution in [1.29, 1.82) is 0 Å². The highest BCUT2D eigenvalue weighted by Crippen LogP contribution is 2.37. The second kappa shape index (κ2) is 10.4. The van der Waals surface area contributed by atoms with Gasteiger partial charge in [-0.05, 0) is 63.1 Å². The number of alkyl halides is 6. The molecule has 0 saturated carbocycles. The topological polar surface area (TPSA) is 58.6 Å². The minimum absolute atomic E-state index is 0.000263. The van der Waals surface area contributed by atoms with Crippen molar-refractivity contribution >= 4 is 12.0 Å². The minimum Gasteiger partial charge on any atom is -0.444 e. The fourth-order valence-corrected chi connectivity index (χ4v) is 4.04. The molecule has 13 heteroatoms. The van der Waals surface area contributed by atoms with E-state index in [0.717, 1.165) is 12.1 Å². The van der Waals surface area contributed by atoms with E-state index in [4.69, 9.17) is 4.74 Å². The number of piperidine rings is 1. The van der Waals surface area contributed by atoms with Crippen LogP contribution < -0.4 is 5.32 Å². The molecule has 1 saturated heterocycles. The third kappa shape index (κ3) is 7.13. The Bertz CT molecular complexity index is 1170. The summed E-state index contributed by atoms with van der Waals surface area (Å²) in [4.78, 5) is 26.8. The van der Waals surface area contributed by atoms with Crippen LogP contribution in [0.25, 0.3) is 0 Å². The van der Waals surface area contributed by atoms with E-state index in [0.29, 0.717) is 12.1 Å². The van der Waals surface area contributed by atoms with Crippen molar-refractivity contribution in [3.63, 3.8) is 0 Å². The second-order valence-electron chi connectivity index (χ2n) is 9.87. The summed E-state index contributed by atoms with van der Waals surface area (Å²) in [7, 11) is 0. The fourth-order valence-electron chi connectivity index (χ4n) is 4.04. The van der Waals surface area contributed by atoms with Crippen LogP contribution in [0.15, 0.2) is 36.4 Å². The lowest BCUT2D eigenvalue weighted by atomic mass is 9.85. The van der Waals surface area contributed by atoms with E-state index >= 15 is 0 Å². The average Bonchev–Trinajstić information content (AvgIpc) is 2.78. The molecular formula is C25H24F8N2O3. The number of hydrogen-bond donors (Lipinski definition) is 1. The lowest BCUT2D eigenvalue weighted by Gasteiger charge is -2.39. The molecule has 5 nitrogen and oxygen atoms in total. The second-order valence-corrected chi connectivity index (χ2v) is 9.87. The van der Waals surface area contributed by atoms with Crippen molar-refractivity contribution in [3.05, 3.63) is 70.3 Å². The third-order valence-electron chi connectivity index (χ3n) is 5.80. The highest BCUT2D eigenvalue weighted by molar-refractivity contribution is 5.95. The highest BCUT2D eigenvalue weighted by atomic mass is 19.4. The predicted octanol–water partition coefficient (Wildman–Crippen LogP) is 6.53. The maximum Gasteiger partial charge on any atom is 0.416 e. The molecule has 38 heavy (non-hydrogen) atoms. The molecule has 1 unspecified atom stereocenters. The smallest absolute Gasteiger partial charge is 0.416 e. The summed E-state index contributed by atoms with van der Waals surface area (Å²) in [5.74, 6) is -4.49. The Labute approximate surface area is 212 Å². The number of halogens is 8. The number of carbonyl (C=O) groups excluding carboxylic acids is 2. The molecule has 1 heterocycles. The molecule has 3 rings (SSSR count). The Balaban J connectivity index is 1.94. The van der Waals surface area contributed by atoms with Gasteiger partial charge in [-0.2, -0.15) is 26.3 Å². The first kappa shape index (κ1) is 29.2. The van der Waals surface area contributed by atoms with E-state index in [1.165, 1.54) is 11.0 Å². The maximum atomic E-state index is 14.0. The van der Waals surface area contributed by atoms with Crippen LogP contribution in [-0.2, 0) is 17.1 Å². The highest BCUT2D eigenvalue weighted by Gasteiger charge is 2.39. The number of benzene rings is 2. The van der Waals surface area contributed by atoms with Crippen molar-refractivity contribution in [3.8, 4) is 0 Å². The van der Waals surface area contributed by atoms with Crippen molar-refractivity contribution in [2.45, 2.75) is 57.1 Å². The van der Waals surface area contributed by atoms with E-state index in [1.807, 2.05) is 0 Å². The van der Waals surface area contributed by atoms with Gasteiger partial charge >= 0.3 is 18.4 Å². The van der Waals surface area contributed by atoms with Crippen molar-refractivity contribution < 1.29 is 49.4 Å². The summed E-state index contributed by atoms with van der Waals surface area (Å²) in [6.07, 6.45) is -11.0. The number of nitrogens with zero attached hydrogens (tertiary/aromatic N) is 1. The van der Waals surface area contributed by atoms with Crippen LogP contribution in [-0.4, -0.2) is 41.6 Å². The van der Waals surface area contributed by atoms with Crippen molar-refractivity contribution in [1.82, 2.24) is 10.2 Å².